The third-order valence-corrected chi connectivity index (χ3v) is 1.77. The summed E-state index contributed by atoms with van der Waals surface area (Å²) in [6.07, 6.45) is 1.48. The summed E-state index contributed by atoms with van der Waals surface area (Å²) in [7, 11) is 0. The highest BCUT2D eigenvalue weighted by molar-refractivity contribution is 5.75. The van der Waals surface area contributed by atoms with Crippen LogP contribution in [0.2, 0.25) is 0 Å². The highest BCUT2D eigenvalue weighted by Gasteiger charge is 2.16. The predicted molar refractivity (Wildman–Crippen MR) is 55.4 cm³/mol. The van der Waals surface area contributed by atoms with Gasteiger partial charge in [0.2, 0.25) is 6.08 Å². The van der Waals surface area contributed by atoms with E-state index in [1.165, 1.54) is 6.08 Å². The van der Waals surface area contributed by atoms with E-state index in [1.54, 1.807) is 24.3 Å². The first-order valence-corrected chi connectivity index (χ1v) is 4.07. The van der Waals surface area contributed by atoms with E-state index in [9.17, 15) is 9.59 Å². The minimum atomic E-state index is -1.11. The Morgan fingerprint density at radius 3 is 2.47 bits per heavy atom. The van der Waals surface area contributed by atoms with Crippen LogP contribution in [0.15, 0.2) is 35.3 Å². The van der Waals surface area contributed by atoms with Gasteiger partial charge in [-0.3, -0.25) is 0 Å². The monoisotopic (exact) mass is 202 g/mol. The Hall–Kier alpha value is -1.87. The van der Waals surface area contributed by atoms with Gasteiger partial charge in [0.25, 0.3) is 0 Å². The second-order valence-corrected chi connectivity index (χ2v) is 2.76. The fourth-order valence-corrected chi connectivity index (χ4v) is 1.09. The first-order valence-electron chi connectivity index (χ1n) is 4.07. The van der Waals surface area contributed by atoms with E-state index in [0.29, 0.717) is 0 Å². The van der Waals surface area contributed by atoms with E-state index < -0.39 is 12.0 Å². The number of rotatable bonds is 4. The quantitative estimate of drug-likeness (QED) is 0.442. The molecule has 1 unspecified atom stereocenters. The lowest BCUT2D eigenvalue weighted by molar-refractivity contribution is -0.138. The summed E-state index contributed by atoms with van der Waals surface area (Å²) in [6, 6.07) is 7.99. The maximum Gasteiger partial charge on any atom is 0.329 e. The normalized spacial score (nSPS) is 10.7. The second-order valence-electron chi connectivity index (χ2n) is 2.76. The Balaban J connectivity index is 0.00000196. The van der Waals surface area contributed by atoms with Crippen LogP contribution in [0, 0.1) is 0 Å². The molecule has 75 valence electrons. The van der Waals surface area contributed by atoms with Crippen molar-refractivity contribution in [2.24, 2.45) is 4.99 Å². The van der Waals surface area contributed by atoms with Gasteiger partial charge in [0.05, 0.1) is 0 Å². The maximum atomic E-state index is 10.6. The summed E-state index contributed by atoms with van der Waals surface area (Å²) in [5.41, 5.74) is 0.832. The Kier molecular flexibility index (Phi) is 5.75. The zero-order valence-electron chi connectivity index (χ0n) is 7.96. The number of benzene rings is 1. The molecule has 0 aliphatic carbocycles. The van der Waals surface area contributed by atoms with Crippen LogP contribution >= 0.6 is 0 Å². The highest BCUT2D eigenvalue weighted by Crippen LogP contribution is 2.05. The molecule has 0 saturated carbocycles. The Morgan fingerprint density at radius 1 is 1.40 bits per heavy atom. The molecule has 0 spiro atoms. The van der Waals surface area contributed by atoms with E-state index in [4.69, 9.17) is 5.11 Å². The Bertz CT molecular complexity index is 358. The zero-order chi connectivity index (χ0) is 10.4. The first kappa shape index (κ1) is 13.1. The van der Waals surface area contributed by atoms with Gasteiger partial charge in [0.15, 0.2) is 6.04 Å². The third kappa shape index (κ3) is 4.25. The van der Waals surface area contributed by atoms with Crippen molar-refractivity contribution in [3.63, 3.8) is 0 Å². The number of hydrogen-bond donors (Lipinski definition) is 1. The fraction of sp³-hybridized carbons (Fsp3) is 0.200. The first-order chi connectivity index (χ1) is 6.74. The number of isocyanates is 1. The molecule has 0 heterocycles. The molecule has 5 heteroatoms. The largest absolute Gasteiger partial charge is 0.480 e. The van der Waals surface area contributed by atoms with E-state index in [1.807, 2.05) is 6.07 Å². The van der Waals surface area contributed by atoms with Crippen LogP contribution < -0.4 is 0 Å². The number of aliphatic carboxylic acids is 1. The summed E-state index contributed by atoms with van der Waals surface area (Å²) >= 11 is 0. The number of hydrogen-bond acceptors (Lipinski definition) is 3. The summed E-state index contributed by atoms with van der Waals surface area (Å²) in [6.45, 7) is 0. The smallest absolute Gasteiger partial charge is 0.329 e. The molecule has 1 atom stereocenters. The SMILES string of the molecule is O=C=NC(Cc1ccccc1)C(=O)O.[B]. The van der Waals surface area contributed by atoms with Crippen LogP contribution in [0.3, 0.4) is 0 Å². The van der Waals surface area contributed by atoms with Crippen LogP contribution in [0.1, 0.15) is 5.56 Å². The average molecular weight is 202 g/mol. The van der Waals surface area contributed by atoms with Crippen LogP contribution in [-0.4, -0.2) is 31.6 Å². The van der Waals surface area contributed by atoms with Crippen LogP contribution in [-0.2, 0) is 16.0 Å². The van der Waals surface area contributed by atoms with Crippen LogP contribution in [0.5, 0.6) is 0 Å². The molecular formula is C10H9BNO3. The van der Waals surface area contributed by atoms with Crippen molar-refractivity contribution in [3.05, 3.63) is 35.9 Å². The summed E-state index contributed by atoms with van der Waals surface area (Å²) < 4.78 is 0. The molecular weight excluding hydrogens is 193 g/mol. The molecule has 0 aliphatic heterocycles. The number of carboxylic acid groups (broad SMARTS) is 1. The number of nitrogens with zero attached hydrogens (tertiary/aromatic N) is 1. The molecule has 1 aromatic rings. The van der Waals surface area contributed by atoms with Crippen molar-refractivity contribution < 1.29 is 14.7 Å². The van der Waals surface area contributed by atoms with Gasteiger partial charge < -0.3 is 5.11 Å². The fourth-order valence-electron chi connectivity index (χ4n) is 1.09. The maximum absolute atomic E-state index is 10.6. The predicted octanol–water partition coefficient (Wildman–Crippen LogP) is 0.637. The van der Waals surface area contributed by atoms with Crippen LogP contribution in [0.25, 0.3) is 0 Å². The minimum Gasteiger partial charge on any atom is -0.480 e. The van der Waals surface area contributed by atoms with Crippen molar-refractivity contribution in [2.45, 2.75) is 12.5 Å². The molecule has 1 rings (SSSR count). The van der Waals surface area contributed by atoms with Crippen molar-refractivity contribution in [3.8, 4) is 0 Å². The van der Waals surface area contributed by atoms with Gasteiger partial charge in [-0.25, -0.2) is 9.59 Å². The summed E-state index contributed by atoms with van der Waals surface area (Å²) in [4.78, 5) is 23.8. The van der Waals surface area contributed by atoms with Gasteiger partial charge in [0, 0.05) is 14.8 Å². The molecule has 4 nitrogen and oxygen atoms in total. The number of carbonyl (C=O) groups excluding carboxylic acids is 1. The van der Waals surface area contributed by atoms with E-state index in [0.717, 1.165) is 5.56 Å². The van der Waals surface area contributed by atoms with E-state index in [2.05, 4.69) is 4.99 Å². The average Bonchev–Trinajstić information content (AvgIpc) is 2.18. The van der Waals surface area contributed by atoms with Gasteiger partial charge >= 0.3 is 5.97 Å². The Morgan fingerprint density at radius 2 is 2.00 bits per heavy atom. The highest BCUT2D eigenvalue weighted by atomic mass is 16.4. The van der Waals surface area contributed by atoms with Crippen molar-refractivity contribution in [1.82, 2.24) is 0 Å². The molecule has 0 bridgehead atoms. The molecule has 15 heavy (non-hydrogen) atoms. The van der Waals surface area contributed by atoms with Crippen molar-refractivity contribution >= 4 is 20.5 Å². The topological polar surface area (TPSA) is 66.7 Å². The zero-order valence-corrected chi connectivity index (χ0v) is 7.96. The van der Waals surface area contributed by atoms with Gasteiger partial charge in [0.1, 0.15) is 0 Å². The molecule has 0 amide bonds. The lowest BCUT2D eigenvalue weighted by Crippen LogP contribution is -2.20. The molecule has 1 N–H and O–H groups in total. The molecule has 3 radical (unpaired) electrons. The number of aliphatic imine (C=N–C) groups is 1. The number of carbonyl (C=O) groups is 1. The van der Waals surface area contributed by atoms with Gasteiger partial charge in [-0.2, -0.15) is 4.99 Å². The van der Waals surface area contributed by atoms with Gasteiger partial charge in [-0.1, -0.05) is 30.3 Å². The van der Waals surface area contributed by atoms with Crippen molar-refractivity contribution in [2.75, 3.05) is 0 Å². The van der Waals surface area contributed by atoms with Gasteiger partial charge in [-0.15, -0.1) is 0 Å². The molecule has 0 aromatic heterocycles. The lowest BCUT2D eigenvalue weighted by Gasteiger charge is -2.04. The molecule has 1 aromatic carbocycles. The minimum absolute atomic E-state index is 0. The summed E-state index contributed by atoms with van der Waals surface area (Å²) in [5.74, 6) is -1.11. The van der Waals surface area contributed by atoms with Gasteiger partial charge in [-0.05, 0) is 5.56 Å². The molecule has 0 aliphatic rings. The van der Waals surface area contributed by atoms with E-state index in [-0.39, 0.29) is 14.8 Å². The summed E-state index contributed by atoms with van der Waals surface area (Å²) in [5, 5.41) is 8.69. The van der Waals surface area contributed by atoms with Crippen LogP contribution in [0.4, 0.5) is 0 Å². The molecule has 0 fully saturated rings. The Labute approximate surface area is 89.2 Å². The lowest BCUT2D eigenvalue weighted by atomic mass is 10.1. The second kappa shape index (κ2) is 6.57. The third-order valence-electron chi connectivity index (χ3n) is 1.77. The standard InChI is InChI=1S/C10H9NO3.B/c12-7-11-9(10(13)14)6-8-4-2-1-3-5-8;/h1-5,9H,6H2,(H,13,14);. The number of carboxylic acids is 1. The molecule has 0 saturated heterocycles. The van der Waals surface area contributed by atoms with Crippen molar-refractivity contribution in [1.29, 1.82) is 0 Å². The van der Waals surface area contributed by atoms with E-state index >= 15 is 0 Å².